The van der Waals surface area contributed by atoms with Crippen LogP contribution in [0.4, 0.5) is 11.5 Å². The lowest BCUT2D eigenvalue weighted by molar-refractivity contribution is 0.687. The number of aromatic nitrogens is 2. The van der Waals surface area contributed by atoms with Gasteiger partial charge < -0.3 is 5.32 Å². The Bertz CT molecular complexity index is 1090. The van der Waals surface area contributed by atoms with Crippen molar-refractivity contribution in [1.29, 1.82) is 0 Å². The van der Waals surface area contributed by atoms with Crippen molar-refractivity contribution in [2.75, 3.05) is 5.32 Å². The molecule has 1 aliphatic rings. The first-order chi connectivity index (χ1) is 13.4. The molecule has 0 spiro atoms. The Labute approximate surface area is 159 Å². The predicted molar refractivity (Wildman–Crippen MR) is 111 cm³/mol. The van der Waals surface area contributed by atoms with E-state index in [9.17, 15) is 0 Å². The molecular weight excluding hydrogens is 330 g/mol. The minimum atomic E-state index is 0.761. The van der Waals surface area contributed by atoms with Crippen LogP contribution in [0.1, 0.15) is 24.0 Å². The second kappa shape index (κ2) is 6.84. The number of fused-ring (bicyclic) bond motifs is 2. The van der Waals surface area contributed by atoms with Crippen molar-refractivity contribution in [3.63, 3.8) is 0 Å². The SMILES string of the molecule is c1ccc(Nc2nc(-c3ccccc3)nc3cc4c(cc23)CCCC4)cc1. The number of rotatable bonds is 3. The van der Waals surface area contributed by atoms with Gasteiger partial charge in [-0.15, -0.1) is 0 Å². The summed E-state index contributed by atoms with van der Waals surface area (Å²) >= 11 is 0. The normalized spacial score (nSPS) is 13.3. The van der Waals surface area contributed by atoms with Crippen molar-refractivity contribution < 1.29 is 0 Å². The standard InChI is InChI=1S/C24H21N3/c1-3-9-17(10-4-1)23-26-22-16-19-12-8-7-11-18(19)15-21(22)24(27-23)25-20-13-5-2-6-14-20/h1-6,9-10,13-16H,7-8,11-12H2,(H,25,26,27). The van der Waals surface area contributed by atoms with Crippen LogP contribution in [0.2, 0.25) is 0 Å². The number of benzene rings is 3. The van der Waals surface area contributed by atoms with E-state index in [4.69, 9.17) is 9.97 Å². The summed E-state index contributed by atoms with van der Waals surface area (Å²) in [4.78, 5) is 9.80. The molecule has 1 heterocycles. The highest BCUT2D eigenvalue weighted by molar-refractivity contribution is 5.93. The van der Waals surface area contributed by atoms with E-state index in [0.717, 1.165) is 46.6 Å². The van der Waals surface area contributed by atoms with E-state index in [-0.39, 0.29) is 0 Å². The van der Waals surface area contributed by atoms with Crippen LogP contribution in [-0.2, 0) is 12.8 Å². The van der Waals surface area contributed by atoms with E-state index in [2.05, 4.69) is 41.7 Å². The molecule has 1 aromatic heterocycles. The molecule has 1 aliphatic carbocycles. The Hall–Kier alpha value is -3.20. The summed E-state index contributed by atoms with van der Waals surface area (Å²) in [6.45, 7) is 0. The van der Waals surface area contributed by atoms with Gasteiger partial charge in [0.15, 0.2) is 5.82 Å². The van der Waals surface area contributed by atoms with Crippen LogP contribution in [0.25, 0.3) is 22.3 Å². The van der Waals surface area contributed by atoms with Crippen LogP contribution < -0.4 is 5.32 Å². The molecule has 0 saturated carbocycles. The van der Waals surface area contributed by atoms with Crippen LogP contribution in [-0.4, -0.2) is 9.97 Å². The highest BCUT2D eigenvalue weighted by Crippen LogP contribution is 2.32. The minimum absolute atomic E-state index is 0.761. The van der Waals surface area contributed by atoms with E-state index in [1.54, 1.807) is 0 Å². The van der Waals surface area contributed by atoms with Gasteiger partial charge in [-0.05, 0) is 61.1 Å². The third-order valence-electron chi connectivity index (χ3n) is 5.23. The molecule has 3 nitrogen and oxygen atoms in total. The topological polar surface area (TPSA) is 37.8 Å². The fourth-order valence-electron chi connectivity index (χ4n) is 3.83. The van der Waals surface area contributed by atoms with Crippen LogP contribution in [0.5, 0.6) is 0 Å². The number of nitrogens with one attached hydrogen (secondary N) is 1. The Morgan fingerprint density at radius 3 is 2.11 bits per heavy atom. The summed E-state index contributed by atoms with van der Waals surface area (Å²) in [5.74, 6) is 1.63. The molecule has 1 N–H and O–H groups in total. The highest BCUT2D eigenvalue weighted by Gasteiger charge is 2.15. The summed E-state index contributed by atoms with van der Waals surface area (Å²) in [7, 11) is 0. The van der Waals surface area contributed by atoms with Gasteiger partial charge in [-0.3, -0.25) is 0 Å². The molecule has 27 heavy (non-hydrogen) atoms. The van der Waals surface area contributed by atoms with E-state index < -0.39 is 0 Å². The Balaban J connectivity index is 1.71. The Morgan fingerprint density at radius 2 is 1.37 bits per heavy atom. The molecule has 3 aromatic carbocycles. The maximum Gasteiger partial charge on any atom is 0.162 e. The lowest BCUT2D eigenvalue weighted by atomic mass is 9.90. The Morgan fingerprint density at radius 1 is 0.704 bits per heavy atom. The number of anilines is 2. The molecule has 0 amide bonds. The van der Waals surface area contributed by atoms with Crippen molar-refractivity contribution in [1.82, 2.24) is 9.97 Å². The molecule has 0 radical (unpaired) electrons. The van der Waals surface area contributed by atoms with Crippen molar-refractivity contribution in [3.8, 4) is 11.4 Å². The zero-order valence-corrected chi connectivity index (χ0v) is 15.2. The number of nitrogens with zero attached hydrogens (tertiary/aromatic N) is 2. The zero-order valence-electron chi connectivity index (χ0n) is 15.2. The van der Waals surface area contributed by atoms with Gasteiger partial charge in [-0.1, -0.05) is 48.5 Å². The molecule has 5 rings (SSSR count). The summed E-state index contributed by atoms with van der Waals surface area (Å²) < 4.78 is 0. The first kappa shape index (κ1) is 16.0. The van der Waals surface area contributed by atoms with E-state index >= 15 is 0 Å². The lowest BCUT2D eigenvalue weighted by Gasteiger charge is -2.18. The number of aryl methyl sites for hydroxylation is 2. The van der Waals surface area contributed by atoms with Crippen LogP contribution in [0.3, 0.4) is 0 Å². The third-order valence-corrected chi connectivity index (χ3v) is 5.23. The van der Waals surface area contributed by atoms with Crippen LogP contribution in [0.15, 0.2) is 72.8 Å². The summed E-state index contributed by atoms with van der Waals surface area (Å²) in [5, 5.41) is 4.61. The van der Waals surface area contributed by atoms with Crippen LogP contribution >= 0.6 is 0 Å². The van der Waals surface area contributed by atoms with Gasteiger partial charge in [0.1, 0.15) is 5.82 Å². The van der Waals surface area contributed by atoms with Gasteiger partial charge in [0.2, 0.25) is 0 Å². The van der Waals surface area contributed by atoms with E-state index in [0.29, 0.717) is 0 Å². The zero-order chi connectivity index (χ0) is 18.1. The van der Waals surface area contributed by atoms with Crippen molar-refractivity contribution in [3.05, 3.63) is 83.9 Å². The average Bonchev–Trinajstić information content (AvgIpc) is 2.74. The quantitative estimate of drug-likeness (QED) is 0.498. The summed E-state index contributed by atoms with van der Waals surface area (Å²) in [5.41, 5.74) is 5.98. The molecule has 0 unspecified atom stereocenters. The molecule has 0 aliphatic heterocycles. The maximum atomic E-state index is 4.90. The first-order valence-electron chi connectivity index (χ1n) is 9.58. The molecule has 0 bridgehead atoms. The smallest absolute Gasteiger partial charge is 0.162 e. The lowest BCUT2D eigenvalue weighted by Crippen LogP contribution is -2.05. The van der Waals surface area contributed by atoms with Gasteiger partial charge >= 0.3 is 0 Å². The van der Waals surface area contributed by atoms with E-state index in [1.807, 2.05) is 36.4 Å². The highest BCUT2D eigenvalue weighted by atomic mass is 15.0. The molecule has 0 saturated heterocycles. The largest absolute Gasteiger partial charge is 0.340 e. The molecule has 0 fully saturated rings. The maximum absolute atomic E-state index is 4.90. The number of hydrogen-bond donors (Lipinski definition) is 1. The fraction of sp³-hybridized carbons (Fsp3) is 0.167. The van der Waals surface area contributed by atoms with Gasteiger partial charge in [0.05, 0.1) is 5.52 Å². The number of para-hydroxylation sites is 1. The summed E-state index contributed by atoms with van der Waals surface area (Å²) in [6.07, 6.45) is 4.83. The second-order valence-corrected chi connectivity index (χ2v) is 7.10. The van der Waals surface area contributed by atoms with Crippen molar-refractivity contribution in [2.24, 2.45) is 0 Å². The molecule has 4 aromatic rings. The van der Waals surface area contributed by atoms with Gasteiger partial charge in [0, 0.05) is 16.6 Å². The molecule has 132 valence electrons. The monoisotopic (exact) mass is 351 g/mol. The molecular formula is C24H21N3. The van der Waals surface area contributed by atoms with Crippen molar-refractivity contribution >= 4 is 22.4 Å². The predicted octanol–water partition coefficient (Wildman–Crippen LogP) is 5.92. The first-order valence-corrected chi connectivity index (χ1v) is 9.58. The molecule has 0 atom stereocenters. The van der Waals surface area contributed by atoms with Crippen molar-refractivity contribution in [2.45, 2.75) is 25.7 Å². The number of hydrogen-bond acceptors (Lipinski definition) is 3. The second-order valence-electron chi connectivity index (χ2n) is 7.10. The van der Waals surface area contributed by atoms with E-state index in [1.165, 1.54) is 24.0 Å². The van der Waals surface area contributed by atoms with Gasteiger partial charge in [-0.25, -0.2) is 9.97 Å². The average molecular weight is 351 g/mol. The third kappa shape index (κ3) is 3.17. The van der Waals surface area contributed by atoms with Gasteiger partial charge in [-0.2, -0.15) is 0 Å². The molecule has 3 heteroatoms. The minimum Gasteiger partial charge on any atom is -0.340 e. The van der Waals surface area contributed by atoms with Gasteiger partial charge in [0.25, 0.3) is 0 Å². The van der Waals surface area contributed by atoms with Crippen LogP contribution in [0, 0.1) is 0 Å². The summed E-state index contributed by atoms with van der Waals surface area (Å²) in [6, 6.07) is 25.0. The fourth-order valence-corrected chi connectivity index (χ4v) is 3.83. The Kier molecular flexibility index (Phi) is 4.06.